The van der Waals surface area contributed by atoms with Gasteiger partial charge in [-0.3, -0.25) is 48.1 Å². The highest BCUT2D eigenvalue weighted by molar-refractivity contribution is 7.09. The first kappa shape index (κ1) is 94.8. The molecule has 6 rings (SSSR count). The number of carboxylic acid groups (broad SMARTS) is 1. The molecule has 3 aliphatic rings. The lowest BCUT2D eigenvalue weighted by atomic mass is 9.84. The van der Waals surface area contributed by atoms with Gasteiger partial charge in [-0.15, -0.1) is 23.2 Å². The van der Waals surface area contributed by atoms with Crippen LogP contribution in [0.1, 0.15) is 178 Å². The molecule has 10 amide bonds. The molecule has 9 atom stereocenters. The van der Waals surface area contributed by atoms with Gasteiger partial charge in [-0.25, -0.2) is 19.0 Å². The van der Waals surface area contributed by atoms with Crippen molar-refractivity contribution >= 4 is 82.4 Å². The molecule has 115 heavy (non-hydrogen) atoms. The van der Waals surface area contributed by atoms with Crippen LogP contribution in [0.2, 0.25) is 0 Å². The third kappa shape index (κ3) is 34.7. The van der Waals surface area contributed by atoms with Crippen LogP contribution in [-0.4, -0.2) is 234 Å². The number of carbonyl (C=O) groups excluding carboxylic acids is 10. The number of hydrogen-bond donors (Lipinski definition) is 11. The van der Waals surface area contributed by atoms with E-state index in [2.05, 4.69) is 66.6 Å². The van der Waals surface area contributed by atoms with Crippen molar-refractivity contribution in [3.8, 4) is 11.8 Å². The van der Waals surface area contributed by atoms with Gasteiger partial charge in [0.05, 0.1) is 96.2 Å². The summed E-state index contributed by atoms with van der Waals surface area (Å²) in [5.41, 5.74) is 5.38. The quantitative estimate of drug-likeness (QED) is 0.0172. The van der Waals surface area contributed by atoms with Gasteiger partial charge in [0, 0.05) is 75.7 Å². The molecule has 2 unspecified atom stereocenters. The van der Waals surface area contributed by atoms with E-state index in [0.717, 1.165) is 75.7 Å². The number of benzene rings is 2. The SMILES string of the molecule is CCCCCCN(C(=O)[C@@H](NC(=O)[C@H]1CCCCN1C)[C@@H](C)CC)[C@H](C[C@@H](OC(=O)NCCNC(=O)CNC(=O)[C@H](Cc1ccccc1)NC(=O)CNC(=O)CNC(=O)CCOCCOCCOCCOCCNC(=O)OCC1C2CCC#CCCC21)c1nc(C(=O)N[C@@H](Cc2ccc(N)c(F)c2)CC(C)(C)C(=O)O)cs1)C(C)C. The van der Waals surface area contributed by atoms with Gasteiger partial charge in [-0.1, -0.05) is 103 Å². The molecular formula is C82H124FN13O18S. The molecule has 2 aliphatic carbocycles. The number of anilines is 1. The van der Waals surface area contributed by atoms with E-state index in [4.69, 9.17) is 39.1 Å². The maximum absolute atomic E-state index is 15.4. The number of nitrogens with zero attached hydrogens (tertiary/aromatic N) is 3. The minimum atomic E-state index is -1.33. The monoisotopic (exact) mass is 1630 g/mol. The second-order valence-corrected chi connectivity index (χ2v) is 31.5. The number of nitrogen functional groups attached to an aromatic ring is 1. The molecule has 2 heterocycles. The van der Waals surface area contributed by atoms with Crippen LogP contribution in [0, 0.1) is 52.7 Å². The maximum atomic E-state index is 15.4. The fourth-order valence-electron chi connectivity index (χ4n) is 13.9. The van der Waals surface area contributed by atoms with Crippen LogP contribution in [-0.2, 0) is 79.6 Å². The van der Waals surface area contributed by atoms with Gasteiger partial charge >= 0.3 is 18.2 Å². The molecular weight excluding hydrogens is 1510 g/mol. The minimum Gasteiger partial charge on any atom is -0.481 e. The van der Waals surface area contributed by atoms with E-state index >= 15 is 4.79 Å². The molecule has 0 spiro atoms. The number of rotatable bonds is 53. The van der Waals surface area contributed by atoms with Crippen molar-refractivity contribution in [3.63, 3.8) is 0 Å². The Bertz CT molecular complexity index is 3640. The average molecular weight is 1630 g/mol. The Morgan fingerprint density at radius 3 is 1.99 bits per heavy atom. The van der Waals surface area contributed by atoms with Crippen molar-refractivity contribution < 1.29 is 90.7 Å². The van der Waals surface area contributed by atoms with E-state index < -0.39 is 121 Å². The van der Waals surface area contributed by atoms with Crippen molar-refractivity contribution in [2.75, 3.05) is 125 Å². The number of likely N-dealkylation sites (tertiary alicyclic amines) is 1. The molecule has 0 radical (unpaired) electrons. The second-order valence-electron chi connectivity index (χ2n) is 30.6. The van der Waals surface area contributed by atoms with Gasteiger partial charge in [-0.2, -0.15) is 0 Å². The Labute approximate surface area is 679 Å². The third-order valence-electron chi connectivity index (χ3n) is 20.8. The molecule has 1 aromatic heterocycles. The smallest absolute Gasteiger partial charge is 0.407 e. The normalized spacial score (nSPS) is 17.4. The molecule has 1 saturated heterocycles. The van der Waals surface area contributed by atoms with E-state index in [0.29, 0.717) is 101 Å². The minimum absolute atomic E-state index is 0.00795. The molecule has 2 aromatic carbocycles. The van der Waals surface area contributed by atoms with Crippen LogP contribution in [0.4, 0.5) is 19.7 Å². The largest absolute Gasteiger partial charge is 0.481 e. The standard InChI is InChI=1S/C82H124FN13O18S/c1-9-11-12-21-35-96(78(104)73(55(5)10-2)94-76(103)66-27-20-22-34-95(66)8)67(54(3)4)47-68(77-93-65(53-115-77)75(102)91-58(48-82(6,7)79(105)106)44-57-28-29-63(84)62(83)45-57)114-81(108)86-32-31-85-70(98)50-90-74(101)64(46-56-23-16-15-17-24-56)92-72(100)51-89-71(99)49-88-69(97)30-36-109-38-40-111-42-43-112-41-39-110-37-33-87-80(107)113-52-61-59-25-18-13-14-19-26-60(59)61/h15-17,23-24,28-29,45,53-55,58-61,64,66-68,73H,9-12,18-22,25-27,30-44,46-52,84H2,1-8H3,(H,85,98)(H,86,108)(H,87,107)(H,88,97)(H,89,99)(H,90,101)(H,91,102)(H,92,100)(H,94,103)(H,105,106)/t55-,58-,59?,60?,61?,64-,66+,67+,68+,73-/m0/s1. The summed E-state index contributed by atoms with van der Waals surface area (Å²) >= 11 is 1.02. The number of nitrogens with two attached hydrogens (primary N) is 1. The molecule has 1 aliphatic heterocycles. The van der Waals surface area contributed by atoms with Gasteiger partial charge in [0.15, 0.2) is 6.10 Å². The number of aliphatic carboxylic acids is 1. The number of hydrogen-bond acceptors (Lipinski definition) is 21. The van der Waals surface area contributed by atoms with Crippen molar-refractivity contribution in [2.24, 2.45) is 35.0 Å². The van der Waals surface area contributed by atoms with Crippen LogP contribution in [0.15, 0.2) is 53.9 Å². The molecule has 3 aromatic rings. The summed E-state index contributed by atoms with van der Waals surface area (Å²) in [6.45, 7) is 15.0. The van der Waals surface area contributed by atoms with Crippen LogP contribution in [0.3, 0.4) is 0 Å². The van der Waals surface area contributed by atoms with Crippen LogP contribution in [0.25, 0.3) is 0 Å². The number of halogens is 1. The Kier molecular flexibility index (Phi) is 42.1. The topological polar surface area (TPSA) is 417 Å². The zero-order chi connectivity index (χ0) is 83.7. The lowest BCUT2D eigenvalue weighted by Gasteiger charge is -2.40. The molecule has 2 fully saturated rings. The van der Waals surface area contributed by atoms with Crippen LogP contribution >= 0.6 is 11.3 Å². The predicted octanol–water partition coefficient (Wildman–Crippen LogP) is 6.13. The first-order valence-electron chi connectivity index (χ1n) is 40.6. The number of piperidine rings is 1. The molecule has 0 bridgehead atoms. The van der Waals surface area contributed by atoms with Gasteiger partial charge < -0.3 is 92.0 Å². The van der Waals surface area contributed by atoms with Crippen LogP contribution in [0.5, 0.6) is 0 Å². The van der Waals surface area contributed by atoms with E-state index in [9.17, 15) is 57.4 Å². The summed E-state index contributed by atoms with van der Waals surface area (Å²) in [6.07, 6.45) is 7.65. The summed E-state index contributed by atoms with van der Waals surface area (Å²) in [7, 11) is 1.91. The average Bonchev–Trinajstić information content (AvgIpc) is 1.63. The molecule has 638 valence electrons. The summed E-state index contributed by atoms with van der Waals surface area (Å²) < 4.78 is 48.3. The molecule has 33 heteroatoms. The number of aromatic nitrogens is 1. The third-order valence-corrected chi connectivity index (χ3v) is 21.8. The van der Waals surface area contributed by atoms with Gasteiger partial charge in [-0.05, 0) is 125 Å². The molecule has 31 nitrogen and oxygen atoms in total. The number of carboxylic acids is 1. The zero-order valence-corrected chi connectivity index (χ0v) is 69.0. The second kappa shape index (κ2) is 51.1. The fraction of sp³-hybridized carbons (Fsp3) is 0.659. The first-order valence-corrected chi connectivity index (χ1v) is 41.4. The van der Waals surface area contributed by atoms with E-state index in [1.54, 1.807) is 41.3 Å². The fourth-order valence-corrected chi connectivity index (χ4v) is 14.7. The van der Waals surface area contributed by atoms with Crippen LogP contribution < -0.4 is 53.6 Å². The van der Waals surface area contributed by atoms with E-state index in [1.165, 1.54) is 31.4 Å². The lowest BCUT2D eigenvalue weighted by molar-refractivity contribution is -0.147. The highest BCUT2D eigenvalue weighted by atomic mass is 32.1. The predicted molar refractivity (Wildman–Crippen MR) is 430 cm³/mol. The summed E-state index contributed by atoms with van der Waals surface area (Å²) in [5.74, 6) is 1.21. The van der Waals surface area contributed by atoms with Gasteiger partial charge in [0.1, 0.15) is 28.6 Å². The van der Waals surface area contributed by atoms with Crippen molar-refractivity contribution in [1.82, 2.24) is 62.6 Å². The Morgan fingerprint density at radius 2 is 1.34 bits per heavy atom. The number of alkyl carbamates (subject to hydrolysis) is 2. The van der Waals surface area contributed by atoms with E-state index in [-0.39, 0.29) is 105 Å². The zero-order valence-electron chi connectivity index (χ0n) is 68.2. The van der Waals surface area contributed by atoms with E-state index in [1.807, 2.05) is 39.6 Å². The number of carbonyl (C=O) groups is 11. The van der Waals surface area contributed by atoms with Crippen molar-refractivity contribution in [1.29, 1.82) is 0 Å². The number of thiazole rings is 1. The summed E-state index contributed by atoms with van der Waals surface area (Å²) in [4.78, 5) is 156. The summed E-state index contributed by atoms with van der Waals surface area (Å²) in [5, 5.41) is 35.8. The molecule has 12 N–H and O–H groups in total. The lowest BCUT2D eigenvalue weighted by Crippen LogP contribution is -2.59. The van der Waals surface area contributed by atoms with Crippen molar-refractivity contribution in [3.05, 3.63) is 81.6 Å². The number of ether oxygens (including phenoxy) is 6. The number of fused-ring (bicyclic) bond motifs is 1. The summed E-state index contributed by atoms with van der Waals surface area (Å²) in [6, 6.07) is 8.98. The number of nitrogens with one attached hydrogen (secondary N) is 9. The van der Waals surface area contributed by atoms with Crippen molar-refractivity contribution in [2.45, 2.75) is 194 Å². The number of unbranched alkanes of at least 4 members (excludes halogenated alkanes) is 3. The first-order chi connectivity index (χ1) is 55.2. The Balaban J connectivity index is 0.965. The highest BCUT2D eigenvalue weighted by Crippen LogP contribution is 2.52. The van der Waals surface area contributed by atoms with Gasteiger partial charge in [0.25, 0.3) is 5.91 Å². The molecule has 1 saturated carbocycles. The number of amides is 10. The Morgan fingerprint density at radius 1 is 0.704 bits per heavy atom. The Hall–Kier alpha value is -9.07. The maximum Gasteiger partial charge on any atom is 0.407 e. The van der Waals surface area contributed by atoms with Gasteiger partial charge in [0.2, 0.25) is 41.4 Å². The highest BCUT2D eigenvalue weighted by Gasteiger charge is 2.49. The number of likely N-dealkylation sites (N-methyl/N-ethyl adjacent to an activating group) is 1.